The van der Waals surface area contributed by atoms with E-state index in [1.165, 1.54) is 0 Å². The van der Waals surface area contributed by atoms with Gasteiger partial charge in [-0.25, -0.2) is 8.42 Å². The molecule has 0 spiro atoms. The number of nitrogens with zero attached hydrogens (tertiary/aromatic N) is 1. The Hall–Kier alpha value is -0.420. The zero-order valence-electron chi connectivity index (χ0n) is 8.27. The SMILES string of the molecule is CCS(=O)(=O)N1[C@@H]2CC[C@H]1CC(=O)C2. The van der Waals surface area contributed by atoms with Crippen molar-refractivity contribution < 1.29 is 13.2 Å². The molecule has 0 aliphatic carbocycles. The molecule has 80 valence electrons. The van der Waals surface area contributed by atoms with E-state index in [-0.39, 0.29) is 23.6 Å². The number of carbonyl (C=O) groups is 1. The lowest BCUT2D eigenvalue weighted by Crippen LogP contribution is -2.47. The Morgan fingerprint density at radius 2 is 1.79 bits per heavy atom. The maximum Gasteiger partial charge on any atom is 0.214 e. The van der Waals surface area contributed by atoms with E-state index >= 15 is 0 Å². The molecular formula is C9H15NO3S. The summed E-state index contributed by atoms with van der Waals surface area (Å²) in [5, 5.41) is 0. The summed E-state index contributed by atoms with van der Waals surface area (Å²) in [6.45, 7) is 1.66. The summed E-state index contributed by atoms with van der Waals surface area (Å²) < 4.78 is 25.1. The summed E-state index contributed by atoms with van der Waals surface area (Å²) in [5.74, 6) is 0.369. The van der Waals surface area contributed by atoms with Crippen LogP contribution in [0.4, 0.5) is 0 Å². The highest BCUT2D eigenvalue weighted by Crippen LogP contribution is 2.36. The van der Waals surface area contributed by atoms with Gasteiger partial charge in [-0.15, -0.1) is 0 Å². The first-order valence-corrected chi connectivity index (χ1v) is 6.68. The smallest absolute Gasteiger partial charge is 0.214 e. The molecular weight excluding hydrogens is 202 g/mol. The number of ketones is 1. The number of rotatable bonds is 2. The second kappa shape index (κ2) is 3.31. The van der Waals surface area contributed by atoms with E-state index in [0.29, 0.717) is 12.8 Å². The predicted octanol–water partition coefficient (Wildman–Crippen LogP) is 0.532. The molecule has 0 radical (unpaired) electrons. The molecule has 2 aliphatic rings. The average molecular weight is 217 g/mol. The third-order valence-corrected chi connectivity index (χ3v) is 5.13. The zero-order valence-corrected chi connectivity index (χ0v) is 9.09. The standard InChI is InChI=1S/C9H15NO3S/c1-2-14(12,13)10-7-3-4-8(10)6-9(11)5-7/h7-8H,2-6H2,1H3/t7-,8+. The lowest BCUT2D eigenvalue weighted by atomic mass is 10.0. The number of hydrogen-bond donors (Lipinski definition) is 0. The highest BCUT2D eigenvalue weighted by Gasteiger charge is 2.45. The fraction of sp³-hybridized carbons (Fsp3) is 0.889. The first-order valence-electron chi connectivity index (χ1n) is 5.07. The van der Waals surface area contributed by atoms with Crippen LogP contribution in [0.3, 0.4) is 0 Å². The van der Waals surface area contributed by atoms with E-state index in [0.717, 1.165) is 12.8 Å². The minimum Gasteiger partial charge on any atom is -0.300 e. The summed E-state index contributed by atoms with van der Waals surface area (Å²) in [5.41, 5.74) is 0. The van der Waals surface area contributed by atoms with Crippen LogP contribution in [-0.2, 0) is 14.8 Å². The number of Topliss-reactive ketones (excluding diaryl/α,β-unsaturated/α-hetero) is 1. The van der Waals surface area contributed by atoms with Crippen LogP contribution in [0, 0.1) is 0 Å². The molecule has 0 unspecified atom stereocenters. The first-order chi connectivity index (χ1) is 6.54. The summed E-state index contributed by atoms with van der Waals surface area (Å²) in [6.07, 6.45) is 2.57. The Morgan fingerprint density at radius 1 is 1.29 bits per heavy atom. The molecule has 0 N–H and O–H groups in total. The highest BCUT2D eigenvalue weighted by atomic mass is 32.2. The second-order valence-electron chi connectivity index (χ2n) is 4.06. The largest absolute Gasteiger partial charge is 0.300 e. The monoisotopic (exact) mass is 217 g/mol. The van der Waals surface area contributed by atoms with Gasteiger partial charge in [-0.2, -0.15) is 4.31 Å². The quantitative estimate of drug-likeness (QED) is 0.678. The second-order valence-corrected chi connectivity index (χ2v) is 6.23. The van der Waals surface area contributed by atoms with Crippen molar-refractivity contribution in [3.63, 3.8) is 0 Å². The van der Waals surface area contributed by atoms with Gasteiger partial charge in [-0.05, 0) is 19.8 Å². The molecule has 0 amide bonds. The Morgan fingerprint density at radius 3 is 2.21 bits per heavy atom. The number of sulfonamides is 1. The Kier molecular flexibility index (Phi) is 2.39. The molecule has 2 saturated heterocycles. The molecule has 5 heteroatoms. The van der Waals surface area contributed by atoms with Crippen molar-refractivity contribution in [2.45, 2.75) is 44.7 Å². The van der Waals surface area contributed by atoms with Gasteiger partial charge < -0.3 is 0 Å². The van der Waals surface area contributed by atoms with Crippen LogP contribution in [0.5, 0.6) is 0 Å². The summed E-state index contributed by atoms with van der Waals surface area (Å²) in [4.78, 5) is 11.3. The molecule has 2 bridgehead atoms. The van der Waals surface area contributed by atoms with Gasteiger partial charge in [-0.1, -0.05) is 0 Å². The third-order valence-electron chi connectivity index (χ3n) is 3.17. The van der Waals surface area contributed by atoms with Crippen LogP contribution < -0.4 is 0 Å². The van der Waals surface area contributed by atoms with E-state index in [1.807, 2.05) is 0 Å². The van der Waals surface area contributed by atoms with Crippen molar-refractivity contribution in [1.29, 1.82) is 0 Å². The fourth-order valence-electron chi connectivity index (χ4n) is 2.53. The molecule has 14 heavy (non-hydrogen) atoms. The maximum atomic E-state index is 11.7. The lowest BCUT2D eigenvalue weighted by molar-refractivity contribution is -0.122. The summed E-state index contributed by atoms with van der Waals surface area (Å²) in [7, 11) is -3.10. The number of fused-ring (bicyclic) bond motifs is 2. The number of carbonyl (C=O) groups excluding carboxylic acids is 1. The minimum atomic E-state index is -3.10. The highest BCUT2D eigenvalue weighted by molar-refractivity contribution is 7.89. The van der Waals surface area contributed by atoms with Crippen molar-refractivity contribution in [3.05, 3.63) is 0 Å². The van der Waals surface area contributed by atoms with E-state index in [2.05, 4.69) is 0 Å². The molecule has 0 saturated carbocycles. The molecule has 2 aliphatic heterocycles. The van der Waals surface area contributed by atoms with E-state index in [9.17, 15) is 13.2 Å². The van der Waals surface area contributed by atoms with Crippen LogP contribution in [0.15, 0.2) is 0 Å². The fourth-order valence-corrected chi connectivity index (χ4v) is 4.10. The Labute approximate surface area is 84.3 Å². The van der Waals surface area contributed by atoms with E-state index in [1.54, 1.807) is 11.2 Å². The van der Waals surface area contributed by atoms with E-state index < -0.39 is 10.0 Å². The van der Waals surface area contributed by atoms with E-state index in [4.69, 9.17) is 0 Å². The molecule has 2 rings (SSSR count). The van der Waals surface area contributed by atoms with Crippen molar-refractivity contribution in [1.82, 2.24) is 4.31 Å². The Balaban J connectivity index is 2.27. The number of hydrogen-bond acceptors (Lipinski definition) is 3. The molecule has 4 nitrogen and oxygen atoms in total. The topological polar surface area (TPSA) is 54.5 Å². The zero-order chi connectivity index (χ0) is 10.3. The van der Waals surface area contributed by atoms with Gasteiger partial charge in [0.1, 0.15) is 5.78 Å². The van der Waals surface area contributed by atoms with Crippen LogP contribution in [0.25, 0.3) is 0 Å². The molecule has 2 heterocycles. The molecule has 2 atom stereocenters. The lowest BCUT2D eigenvalue weighted by Gasteiger charge is -2.32. The number of piperidine rings is 1. The van der Waals surface area contributed by atoms with Gasteiger partial charge >= 0.3 is 0 Å². The molecule has 0 aromatic carbocycles. The third kappa shape index (κ3) is 1.48. The van der Waals surface area contributed by atoms with Gasteiger partial charge in [0.05, 0.1) is 5.75 Å². The van der Waals surface area contributed by atoms with Crippen LogP contribution >= 0.6 is 0 Å². The first kappa shape index (κ1) is 10.1. The van der Waals surface area contributed by atoms with Crippen LogP contribution in [0.1, 0.15) is 32.6 Å². The normalized spacial score (nSPS) is 33.6. The van der Waals surface area contributed by atoms with Gasteiger partial charge in [0.2, 0.25) is 10.0 Å². The molecule has 0 aromatic heterocycles. The van der Waals surface area contributed by atoms with Crippen LogP contribution in [-0.4, -0.2) is 36.3 Å². The van der Waals surface area contributed by atoms with Crippen LogP contribution in [0.2, 0.25) is 0 Å². The molecule has 0 aromatic rings. The van der Waals surface area contributed by atoms with Gasteiger partial charge in [-0.3, -0.25) is 4.79 Å². The van der Waals surface area contributed by atoms with Crippen molar-refractivity contribution >= 4 is 15.8 Å². The maximum absolute atomic E-state index is 11.7. The van der Waals surface area contributed by atoms with Gasteiger partial charge in [0.15, 0.2) is 0 Å². The average Bonchev–Trinajstić information content (AvgIpc) is 2.40. The van der Waals surface area contributed by atoms with Gasteiger partial charge in [0, 0.05) is 24.9 Å². The van der Waals surface area contributed by atoms with Crippen molar-refractivity contribution in [2.24, 2.45) is 0 Å². The van der Waals surface area contributed by atoms with Crippen molar-refractivity contribution in [3.8, 4) is 0 Å². The minimum absolute atomic E-state index is 0.0359. The molecule has 2 fully saturated rings. The van der Waals surface area contributed by atoms with Gasteiger partial charge in [0.25, 0.3) is 0 Å². The summed E-state index contributed by atoms with van der Waals surface area (Å²) in [6, 6.07) is -0.0719. The summed E-state index contributed by atoms with van der Waals surface area (Å²) >= 11 is 0. The Bertz CT molecular complexity index is 333. The van der Waals surface area contributed by atoms with Crippen molar-refractivity contribution in [2.75, 3.05) is 5.75 Å². The predicted molar refractivity (Wildman–Crippen MR) is 52.4 cm³/mol.